The van der Waals surface area contributed by atoms with Crippen LogP contribution in [-0.4, -0.2) is 23.9 Å². The van der Waals surface area contributed by atoms with Crippen LogP contribution in [0.15, 0.2) is 22.7 Å². The third-order valence-corrected chi connectivity index (χ3v) is 4.80. The van der Waals surface area contributed by atoms with Crippen LogP contribution in [0.2, 0.25) is 0 Å². The van der Waals surface area contributed by atoms with Gasteiger partial charge in [0, 0.05) is 25.1 Å². The Bertz CT molecular complexity index is 637. The van der Waals surface area contributed by atoms with Crippen LogP contribution in [0, 0.1) is 13.8 Å². The minimum Gasteiger partial charge on any atom is -0.496 e. The molecule has 0 bridgehead atoms. The summed E-state index contributed by atoms with van der Waals surface area (Å²) in [5.41, 5.74) is 4.59. The van der Waals surface area contributed by atoms with Crippen LogP contribution in [0.3, 0.4) is 0 Å². The smallest absolute Gasteiger partial charge is 0.123 e. The maximum absolute atomic E-state index is 5.51. The van der Waals surface area contributed by atoms with Crippen molar-refractivity contribution in [3.63, 3.8) is 0 Å². The maximum atomic E-state index is 5.51. The second-order valence-electron chi connectivity index (χ2n) is 5.26. The average Bonchev–Trinajstić information content (AvgIpc) is 2.70. The number of benzene rings is 1. The fourth-order valence-electron chi connectivity index (χ4n) is 2.59. The maximum Gasteiger partial charge on any atom is 0.123 e. The molecule has 0 radical (unpaired) electrons. The molecule has 1 N–H and O–H groups in total. The topological polar surface area (TPSA) is 39.1 Å². The lowest BCUT2D eigenvalue weighted by Gasteiger charge is -2.20. The highest BCUT2D eigenvalue weighted by Gasteiger charge is 2.20. The lowest BCUT2D eigenvalue weighted by Crippen LogP contribution is -2.21. The zero-order valence-electron chi connectivity index (χ0n) is 13.2. The first kappa shape index (κ1) is 16.0. The molecule has 0 saturated heterocycles. The van der Waals surface area contributed by atoms with E-state index in [1.54, 1.807) is 7.11 Å². The van der Waals surface area contributed by atoms with Crippen molar-refractivity contribution >= 4 is 15.9 Å². The van der Waals surface area contributed by atoms with E-state index in [0.29, 0.717) is 0 Å². The summed E-state index contributed by atoms with van der Waals surface area (Å²) in [4.78, 5) is 0. The number of nitrogens with one attached hydrogen (secondary N) is 1. The fourth-order valence-corrected chi connectivity index (χ4v) is 3.09. The number of aromatic nitrogens is 2. The normalized spacial score (nSPS) is 12.5. The molecule has 1 unspecified atom stereocenters. The van der Waals surface area contributed by atoms with Crippen molar-refractivity contribution in [2.24, 2.45) is 7.05 Å². The molecule has 0 saturated carbocycles. The summed E-state index contributed by atoms with van der Waals surface area (Å²) in [5.74, 6) is 0.912. The van der Waals surface area contributed by atoms with Gasteiger partial charge in [0.05, 0.1) is 23.0 Å². The van der Waals surface area contributed by atoms with E-state index in [-0.39, 0.29) is 6.04 Å². The highest BCUT2D eigenvalue weighted by Crippen LogP contribution is 2.31. The van der Waals surface area contributed by atoms with E-state index < -0.39 is 0 Å². The standard InChI is InChI=1S/C16H22BrN3O/c1-10-6-7-15(21-5)12(8-10)13(18-3)9-14-16(17)11(2)19-20(14)4/h6-8,13,18H,9H2,1-5H3. The van der Waals surface area contributed by atoms with E-state index in [4.69, 9.17) is 4.74 Å². The lowest BCUT2D eigenvalue weighted by molar-refractivity contribution is 0.400. The van der Waals surface area contributed by atoms with Crippen LogP contribution in [0.25, 0.3) is 0 Å². The van der Waals surface area contributed by atoms with Gasteiger partial charge >= 0.3 is 0 Å². The Hall–Kier alpha value is -1.33. The highest BCUT2D eigenvalue weighted by molar-refractivity contribution is 9.10. The molecule has 2 aromatic rings. The number of hydrogen-bond acceptors (Lipinski definition) is 3. The number of likely N-dealkylation sites (N-methyl/N-ethyl adjacent to an activating group) is 1. The molecule has 4 nitrogen and oxygen atoms in total. The van der Waals surface area contributed by atoms with E-state index in [0.717, 1.165) is 22.3 Å². The first-order valence-electron chi connectivity index (χ1n) is 6.97. The van der Waals surface area contributed by atoms with Gasteiger partial charge < -0.3 is 10.1 Å². The molecule has 0 aliphatic carbocycles. The molecular weight excluding hydrogens is 330 g/mol. The molecule has 1 atom stereocenters. The van der Waals surface area contributed by atoms with E-state index in [1.807, 2.05) is 31.8 Å². The van der Waals surface area contributed by atoms with Crippen molar-refractivity contribution in [1.82, 2.24) is 15.1 Å². The van der Waals surface area contributed by atoms with Gasteiger partial charge in [-0.15, -0.1) is 0 Å². The minimum atomic E-state index is 0.172. The molecule has 1 aromatic carbocycles. The Labute approximate surface area is 134 Å². The number of rotatable bonds is 5. The number of ether oxygens (including phenoxy) is 1. The van der Waals surface area contributed by atoms with Gasteiger partial charge in [0.15, 0.2) is 0 Å². The first-order chi connectivity index (χ1) is 9.97. The fraction of sp³-hybridized carbons (Fsp3) is 0.438. The molecule has 2 rings (SSSR count). The van der Waals surface area contributed by atoms with E-state index in [2.05, 4.69) is 45.4 Å². The minimum absolute atomic E-state index is 0.172. The van der Waals surface area contributed by atoms with Gasteiger partial charge in [-0.3, -0.25) is 4.68 Å². The Morgan fingerprint density at radius 3 is 2.62 bits per heavy atom. The molecule has 114 valence electrons. The molecule has 0 amide bonds. The summed E-state index contributed by atoms with van der Waals surface area (Å²) in [6, 6.07) is 6.44. The number of aryl methyl sites for hydroxylation is 3. The molecule has 1 heterocycles. The Morgan fingerprint density at radius 1 is 1.38 bits per heavy atom. The van der Waals surface area contributed by atoms with Crippen LogP contribution < -0.4 is 10.1 Å². The molecule has 0 fully saturated rings. The van der Waals surface area contributed by atoms with Crippen molar-refractivity contribution in [3.8, 4) is 5.75 Å². The van der Waals surface area contributed by atoms with Gasteiger partial charge in [-0.25, -0.2) is 0 Å². The summed E-state index contributed by atoms with van der Waals surface area (Å²) in [6.07, 6.45) is 0.842. The molecule has 0 aliphatic heterocycles. The number of halogens is 1. The van der Waals surface area contributed by atoms with E-state index >= 15 is 0 Å². The molecule has 21 heavy (non-hydrogen) atoms. The van der Waals surface area contributed by atoms with Crippen LogP contribution in [0.1, 0.15) is 28.6 Å². The van der Waals surface area contributed by atoms with Gasteiger partial charge in [0.1, 0.15) is 5.75 Å². The third kappa shape index (κ3) is 3.30. The molecule has 0 aliphatic rings. The second kappa shape index (κ2) is 6.62. The van der Waals surface area contributed by atoms with Gasteiger partial charge in [0.25, 0.3) is 0 Å². The highest BCUT2D eigenvalue weighted by atomic mass is 79.9. The quantitative estimate of drug-likeness (QED) is 0.897. The Balaban J connectivity index is 2.38. The number of methoxy groups -OCH3 is 1. The molecule has 0 spiro atoms. The Morgan fingerprint density at radius 2 is 2.10 bits per heavy atom. The van der Waals surface area contributed by atoms with Crippen LogP contribution >= 0.6 is 15.9 Å². The predicted molar refractivity (Wildman–Crippen MR) is 88.9 cm³/mol. The summed E-state index contributed by atoms with van der Waals surface area (Å²) in [7, 11) is 5.67. The zero-order valence-corrected chi connectivity index (χ0v) is 14.8. The van der Waals surface area contributed by atoms with Gasteiger partial charge in [0.2, 0.25) is 0 Å². The summed E-state index contributed by atoms with van der Waals surface area (Å²) < 4.78 is 8.53. The van der Waals surface area contributed by atoms with Crippen molar-refractivity contribution in [2.45, 2.75) is 26.3 Å². The molecule has 1 aromatic heterocycles. The van der Waals surface area contributed by atoms with Gasteiger partial charge in [-0.2, -0.15) is 5.10 Å². The number of hydrogen-bond donors (Lipinski definition) is 1. The lowest BCUT2D eigenvalue weighted by atomic mass is 9.99. The van der Waals surface area contributed by atoms with Crippen LogP contribution in [0.5, 0.6) is 5.75 Å². The summed E-state index contributed by atoms with van der Waals surface area (Å²) in [6.45, 7) is 4.11. The van der Waals surface area contributed by atoms with Crippen molar-refractivity contribution < 1.29 is 4.74 Å². The monoisotopic (exact) mass is 351 g/mol. The summed E-state index contributed by atoms with van der Waals surface area (Å²) >= 11 is 3.64. The van der Waals surface area contributed by atoms with Crippen LogP contribution in [0.4, 0.5) is 0 Å². The second-order valence-corrected chi connectivity index (χ2v) is 6.05. The Kier molecular flexibility index (Phi) is 5.06. The predicted octanol–water partition coefficient (Wildman–Crippen LogP) is 3.31. The molecule has 5 heteroatoms. The average molecular weight is 352 g/mol. The SMILES string of the molecule is CNC(Cc1c(Br)c(C)nn1C)c1cc(C)ccc1OC. The summed E-state index contributed by atoms with van der Waals surface area (Å²) in [5, 5.41) is 7.85. The van der Waals surface area contributed by atoms with Gasteiger partial charge in [-0.05, 0) is 42.9 Å². The zero-order chi connectivity index (χ0) is 15.6. The largest absolute Gasteiger partial charge is 0.496 e. The van der Waals surface area contributed by atoms with Crippen LogP contribution in [-0.2, 0) is 13.5 Å². The van der Waals surface area contributed by atoms with Crippen molar-refractivity contribution in [2.75, 3.05) is 14.2 Å². The van der Waals surface area contributed by atoms with E-state index in [1.165, 1.54) is 16.8 Å². The van der Waals surface area contributed by atoms with Crippen molar-refractivity contribution in [3.05, 3.63) is 45.2 Å². The molecular formula is C16H22BrN3O. The van der Waals surface area contributed by atoms with E-state index in [9.17, 15) is 0 Å². The first-order valence-corrected chi connectivity index (χ1v) is 7.77. The van der Waals surface area contributed by atoms with Gasteiger partial charge in [-0.1, -0.05) is 17.7 Å². The third-order valence-electron chi connectivity index (χ3n) is 3.77. The van der Waals surface area contributed by atoms with Crippen molar-refractivity contribution in [1.29, 1.82) is 0 Å². The number of nitrogens with zero attached hydrogens (tertiary/aromatic N) is 2.